The Labute approximate surface area is 157 Å². The fourth-order valence-electron chi connectivity index (χ4n) is 2.19. The number of benzene rings is 2. The van der Waals surface area contributed by atoms with Crippen LogP contribution < -0.4 is 9.57 Å². The Balaban J connectivity index is 2.21. The molecular weight excluding hydrogens is 379 g/mol. The zero-order chi connectivity index (χ0) is 19.0. The average molecular weight is 399 g/mol. The molecule has 1 N–H and O–H groups in total. The van der Waals surface area contributed by atoms with E-state index in [4.69, 9.17) is 16.3 Å². The summed E-state index contributed by atoms with van der Waals surface area (Å²) >= 11 is 5.72. The van der Waals surface area contributed by atoms with Crippen molar-refractivity contribution in [3.63, 3.8) is 0 Å². The number of sulfonamides is 1. The van der Waals surface area contributed by atoms with Gasteiger partial charge in [0.15, 0.2) is 0 Å². The van der Waals surface area contributed by atoms with Gasteiger partial charge >= 0.3 is 0 Å². The Kier molecular flexibility index (Phi) is 7.41. The highest BCUT2D eigenvalue weighted by Gasteiger charge is 2.14. The van der Waals surface area contributed by atoms with Gasteiger partial charge in [-0.1, -0.05) is 12.1 Å². The Morgan fingerprint density at radius 1 is 1.15 bits per heavy atom. The topological polar surface area (TPSA) is 67.8 Å². The minimum Gasteiger partial charge on any atom is -0.494 e. The van der Waals surface area contributed by atoms with Crippen molar-refractivity contribution in [2.75, 3.05) is 12.5 Å². The van der Waals surface area contributed by atoms with Crippen LogP contribution in [-0.4, -0.2) is 26.6 Å². The second-order valence-electron chi connectivity index (χ2n) is 5.36. The summed E-state index contributed by atoms with van der Waals surface area (Å²) in [7, 11) is -3.83. The maximum Gasteiger partial charge on any atom is 0.276 e. The highest BCUT2D eigenvalue weighted by molar-refractivity contribution is 7.89. The van der Waals surface area contributed by atoms with Crippen molar-refractivity contribution in [3.05, 3.63) is 59.9 Å². The Bertz CT molecular complexity index is 838. The lowest BCUT2D eigenvalue weighted by molar-refractivity contribution is 0.340. The predicted molar refractivity (Wildman–Crippen MR) is 101 cm³/mol. The van der Waals surface area contributed by atoms with E-state index in [1.165, 1.54) is 24.3 Å². The number of nitrogens with zero attached hydrogens (tertiary/aromatic N) is 1. The molecule has 26 heavy (non-hydrogen) atoms. The smallest absolute Gasteiger partial charge is 0.276 e. The predicted octanol–water partition coefficient (Wildman–Crippen LogP) is 3.93. The van der Waals surface area contributed by atoms with E-state index < -0.39 is 10.0 Å². The first-order valence-electron chi connectivity index (χ1n) is 8.09. The van der Waals surface area contributed by atoms with Gasteiger partial charge in [-0.05, 0) is 61.7 Å². The number of nitrogens with one attached hydrogen (secondary N) is 1. The van der Waals surface area contributed by atoms with Crippen molar-refractivity contribution in [2.45, 2.75) is 24.7 Å². The fourth-order valence-corrected chi connectivity index (χ4v) is 3.15. The van der Waals surface area contributed by atoms with Gasteiger partial charge in [0.1, 0.15) is 11.6 Å². The quantitative estimate of drug-likeness (QED) is 0.395. The van der Waals surface area contributed by atoms with Crippen LogP contribution in [0.5, 0.6) is 5.75 Å². The first-order chi connectivity index (χ1) is 12.5. The van der Waals surface area contributed by atoms with Gasteiger partial charge in [0.05, 0.1) is 17.2 Å². The largest absolute Gasteiger partial charge is 0.494 e. The molecule has 2 aromatic rings. The third kappa shape index (κ3) is 5.71. The van der Waals surface area contributed by atoms with Gasteiger partial charge in [-0.25, -0.2) is 4.39 Å². The molecule has 0 aromatic heterocycles. The van der Waals surface area contributed by atoms with E-state index in [0.717, 1.165) is 0 Å². The number of hydrogen-bond donors (Lipinski definition) is 1. The Morgan fingerprint density at radius 2 is 1.81 bits per heavy atom. The molecule has 0 aliphatic rings. The summed E-state index contributed by atoms with van der Waals surface area (Å²) in [4.78, 5) is 2.30. The first kappa shape index (κ1) is 20.2. The molecule has 0 saturated carbocycles. The third-order valence-corrected chi connectivity index (χ3v) is 4.96. The van der Waals surface area contributed by atoms with Gasteiger partial charge < -0.3 is 4.74 Å². The first-order valence-corrected chi connectivity index (χ1v) is 10.1. The summed E-state index contributed by atoms with van der Waals surface area (Å²) in [5.41, 5.74) is 1.12. The van der Waals surface area contributed by atoms with E-state index in [0.29, 0.717) is 42.4 Å². The van der Waals surface area contributed by atoms with E-state index in [-0.39, 0.29) is 10.7 Å². The fraction of sp³-hybridized carbons (Fsp3) is 0.278. The zero-order valence-electron chi connectivity index (χ0n) is 14.3. The Hall–Kier alpha value is -2.12. The molecule has 0 aliphatic heterocycles. The maximum absolute atomic E-state index is 13.1. The summed E-state index contributed by atoms with van der Waals surface area (Å²) < 4.78 is 43.2. The average Bonchev–Trinajstić information content (AvgIpc) is 2.63. The number of ether oxygens (including phenoxy) is 1. The van der Waals surface area contributed by atoms with Crippen LogP contribution in [0, 0.1) is 5.82 Å². The molecule has 0 heterocycles. The molecule has 5 nitrogen and oxygen atoms in total. The number of halogens is 2. The van der Waals surface area contributed by atoms with Crippen LogP contribution in [0.15, 0.2) is 58.5 Å². The van der Waals surface area contributed by atoms with Gasteiger partial charge in [0, 0.05) is 5.88 Å². The lowest BCUT2D eigenvalue weighted by atomic mass is 10.1. The van der Waals surface area contributed by atoms with Gasteiger partial charge in [0.25, 0.3) is 10.0 Å². The molecule has 0 aliphatic carbocycles. The Morgan fingerprint density at radius 3 is 2.38 bits per heavy atom. The summed E-state index contributed by atoms with van der Waals surface area (Å²) in [5.74, 6) is 0.621. The molecule has 0 amide bonds. The molecule has 0 unspecified atom stereocenters. The van der Waals surface area contributed by atoms with Crippen LogP contribution in [0.25, 0.3) is 0 Å². The normalized spacial score (nSPS) is 12.0. The van der Waals surface area contributed by atoms with Crippen molar-refractivity contribution < 1.29 is 17.5 Å². The van der Waals surface area contributed by atoms with E-state index >= 15 is 0 Å². The molecule has 140 valence electrons. The summed E-state index contributed by atoms with van der Waals surface area (Å²) in [5, 5.41) is 4.03. The molecule has 2 rings (SSSR count). The molecule has 0 saturated heterocycles. The van der Waals surface area contributed by atoms with Crippen molar-refractivity contribution in [1.29, 1.82) is 0 Å². The van der Waals surface area contributed by atoms with E-state index in [1.807, 2.05) is 6.92 Å². The second kappa shape index (κ2) is 9.54. The molecule has 2 aromatic carbocycles. The maximum atomic E-state index is 13.1. The second-order valence-corrected chi connectivity index (χ2v) is 7.40. The van der Waals surface area contributed by atoms with Gasteiger partial charge in [-0.3, -0.25) is 0 Å². The number of alkyl halides is 1. The third-order valence-electron chi connectivity index (χ3n) is 3.47. The van der Waals surface area contributed by atoms with Crippen molar-refractivity contribution in [2.24, 2.45) is 5.10 Å². The molecule has 0 spiro atoms. The van der Waals surface area contributed by atoms with Crippen LogP contribution in [-0.2, 0) is 10.0 Å². The summed E-state index contributed by atoms with van der Waals surface area (Å²) in [6.07, 6.45) is 1.07. The zero-order valence-corrected chi connectivity index (χ0v) is 15.9. The van der Waals surface area contributed by atoms with E-state index in [1.54, 1.807) is 24.3 Å². The molecular formula is C18H20ClFN2O3S. The molecule has 0 bridgehead atoms. The molecule has 0 atom stereocenters. The minimum atomic E-state index is -3.83. The van der Waals surface area contributed by atoms with Gasteiger partial charge in [-0.2, -0.15) is 18.4 Å². The summed E-state index contributed by atoms with van der Waals surface area (Å²) in [6.45, 7) is 2.34. The van der Waals surface area contributed by atoms with Crippen LogP contribution in [0.2, 0.25) is 0 Å². The highest BCUT2D eigenvalue weighted by Crippen LogP contribution is 2.16. The number of hydrazone groups is 1. The summed E-state index contributed by atoms with van der Waals surface area (Å²) in [6, 6.07) is 11.7. The van der Waals surface area contributed by atoms with Crippen molar-refractivity contribution >= 4 is 27.3 Å². The van der Waals surface area contributed by atoms with E-state index in [2.05, 4.69) is 9.93 Å². The SMILES string of the molecule is CCOc1ccc(S(=O)(=O)N/N=C(/CCCCl)c2ccc(F)cc2)cc1. The van der Waals surface area contributed by atoms with Crippen LogP contribution in [0.3, 0.4) is 0 Å². The van der Waals surface area contributed by atoms with Crippen LogP contribution in [0.1, 0.15) is 25.3 Å². The van der Waals surface area contributed by atoms with Gasteiger partial charge in [-0.15, -0.1) is 11.6 Å². The standard InChI is InChI=1S/C18H20ClFN2O3S/c1-2-25-16-9-11-17(12-10-16)26(23,24)22-21-18(4-3-13-19)14-5-7-15(20)8-6-14/h5-12,22H,2-4,13H2,1H3/b21-18-. The number of rotatable bonds is 9. The lowest BCUT2D eigenvalue weighted by Crippen LogP contribution is -2.20. The van der Waals surface area contributed by atoms with Crippen LogP contribution in [0.4, 0.5) is 4.39 Å². The number of hydrogen-bond acceptors (Lipinski definition) is 4. The van der Waals surface area contributed by atoms with Crippen molar-refractivity contribution in [3.8, 4) is 5.75 Å². The van der Waals surface area contributed by atoms with E-state index in [9.17, 15) is 12.8 Å². The molecule has 0 fully saturated rings. The molecule has 0 radical (unpaired) electrons. The van der Waals surface area contributed by atoms with Crippen LogP contribution >= 0.6 is 11.6 Å². The van der Waals surface area contributed by atoms with Crippen molar-refractivity contribution in [1.82, 2.24) is 4.83 Å². The lowest BCUT2D eigenvalue weighted by Gasteiger charge is -2.09. The minimum absolute atomic E-state index is 0.0699. The van der Waals surface area contributed by atoms with Gasteiger partial charge in [0.2, 0.25) is 0 Å². The monoisotopic (exact) mass is 398 g/mol. The highest BCUT2D eigenvalue weighted by atomic mass is 35.5. The molecule has 8 heteroatoms.